The Kier molecular flexibility index (Phi) is 3.19. The summed E-state index contributed by atoms with van der Waals surface area (Å²) in [5.74, 6) is -11.4. The van der Waals surface area contributed by atoms with Gasteiger partial charge in [0.15, 0.2) is 0 Å². The molecule has 0 aromatic rings. The van der Waals surface area contributed by atoms with Crippen molar-refractivity contribution in [3.8, 4) is 0 Å². The highest BCUT2D eigenvalue weighted by Gasteiger charge is 2.43. The maximum Gasteiger partial charge on any atom is 0.311 e. The van der Waals surface area contributed by atoms with Gasteiger partial charge in [-0.05, 0) is 62.7 Å². The van der Waals surface area contributed by atoms with Gasteiger partial charge in [-0.1, -0.05) is 38.9 Å². The monoisotopic (exact) mass is 433 g/mol. The molecule has 0 saturated carbocycles. The molecule has 1 N–H and O–H groups in total. The molecule has 1 heterocycles. The van der Waals surface area contributed by atoms with Gasteiger partial charge in [0.05, 0.1) is 22.0 Å². The van der Waals surface area contributed by atoms with Crippen molar-refractivity contribution in [2.45, 2.75) is 91.2 Å². The minimum absolute atomic E-state index is 0.202. The fraction of sp³-hybridized carbons (Fsp3) is 0.760. The van der Waals surface area contributed by atoms with Gasteiger partial charge < -0.3 is 14.6 Å². The molecule has 2 aliphatic carbocycles. The Morgan fingerprint density at radius 1 is 1.53 bits per heavy atom. The largest absolute Gasteiger partial charge is 0.462 e. The van der Waals surface area contributed by atoms with Crippen molar-refractivity contribution < 1.29 is 44.7 Å². The lowest BCUT2D eigenvalue weighted by Crippen LogP contribution is -2.43. The van der Waals surface area contributed by atoms with Crippen LogP contribution in [-0.2, 0) is 19.1 Å². The van der Waals surface area contributed by atoms with E-state index < -0.39 is 109 Å². The van der Waals surface area contributed by atoms with Crippen molar-refractivity contribution in [3.05, 3.63) is 23.7 Å². The molecule has 30 heavy (non-hydrogen) atoms. The summed E-state index contributed by atoms with van der Waals surface area (Å²) in [5.41, 5.74) is -2.84. The zero-order chi connectivity index (χ0) is 35.1. The average molecular weight is 434 g/mol. The van der Waals surface area contributed by atoms with E-state index in [2.05, 4.69) is 0 Å². The molecule has 1 saturated heterocycles. The van der Waals surface area contributed by atoms with Gasteiger partial charge in [-0.2, -0.15) is 0 Å². The second-order valence-electron chi connectivity index (χ2n) is 8.14. The van der Waals surface area contributed by atoms with Crippen molar-refractivity contribution in [1.82, 2.24) is 0 Å². The number of cyclic esters (lactones) is 1. The van der Waals surface area contributed by atoms with Crippen LogP contribution in [0.25, 0.3) is 0 Å². The Bertz CT molecular complexity index is 1290. The highest BCUT2D eigenvalue weighted by atomic mass is 16.6. The summed E-state index contributed by atoms with van der Waals surface area (Å²) in [4.78, 5) is 25.8. The smallest absolute Gasteiger partial charge is 0.311 e. The van der Waals surface area contributed by atoms with Crippen LogP contribution < -0.4 is 0 Å². The van der Waals surface area contributed by atoms with Crippen LogP contribution in [0.5, 0.6) is 0 Å². The zero-order valence-corrected chi connectivity index (χ0v) is 17.3. The van der Waals surface area contributed by atoms with Crippen LogP contribution in [0.4, 0.5) is 0 Å². The van der Waals surface area contributed by atoms with Crippen molar-refractivity contribution in [3.63, 3.8) is 0 Å². The van der Waals surface area contributed by atoms with E-state index in [0.29, 0.717) is 0 Å². The lowest BCUT2D eigenvalue weighted by atomic mass is 9.65. The predicted molar refractivity (Wildman–Crippen MR) is 115 cm³/mol. The minimum Gasteiger partial charge on any atom is -0.462 e. The number of hydrogen-bond donors (Lipinski definition) is 1. The third-order valence-electron chi connectivity index (χ3n) is 5.83. The molecule has 168 valence electrons. The van der Waals surface area contributed by atoms with Gasteiger partial charge in [0.25, 0.3) is 0 Å². The summed E-state index contributed by atoms with van der Waals surface area (Å²) in [6.45, 7) is -2.93. The second kappa shape index (κ2) is 9.25. The first-order valence-corrected chi connectivity index (χ1v) is 10.1. The number of hydrogen-bond acceptors (Lipinski definition) is 5. The highest BCUT2D eigenvalue weighted by molar-refractivity contribution is 5.76. The molecule has 0 radical (unpaired) electrons. The number of rotatable bonds is 6. The first-order valence-electron chi connectivity index (χ1n) is 17.6. The standard InChI is InChI=1S/C25H38O5/c1-6-25(4,5)24(28)30-21-12-15(2)11-17-8-7-16(3)20(23(17)21)10-9-19-13-18(26)14-22(27)29-19/h7-8,11,15-16,18-21,23,26H,6,9-10,12-14H2,1-5H3/t15-,16-,18+,19?,20-,21?,23-/m0/s1/i2D3,4D3,7D,8D,11D,12D2,14D2,15D,16D/t15-,16-,18+,19?,20-,21?,23-,25?. The number of allylic oxidation sites excluding steroid dienone is 3. The molecule has 0 spiro atoms. The topological polar surface area (TPSA) is 72.8 Å². The fourth-order valence-corrected chi connectivity index (χ4v) is 3.80. The molecular formula is C25H38O5. The van der Waals surface area contributed by atoms with E-state index in [1.807, 2.05) is 0 Å². The van der Waals surface area contributed by atoms with Crippen molar-refractivity contribution in [1.29, 1.82) is 0 Å². The zero-order valence-electron chi connectivity index (χ0n) is 32.3. The van der Waals surface area contributed by atoms with Crippen molar-refractivity contribution in [2.75, 3.05) is 0 Å². The third-order valence-corrected chi connectivity index (χ3v) is 5.83. The van der Waals surface area contributed by atoms with Crippen LogP contribution in [-0.4, -0.2) is 35.4 Å². The van der Waals surface area contributed by atoms with Crippen LogP contribution in [0.2, 0.25) is 0 Å². The average Bonchev–Trinajstić information content (AvgIpc) is 2.89. The van der Waals surface area contributed by atoms with Crippen LogP contribution in [0, 0.1) is 29.0 Å². The van der Waals surface area contributed by atoms with Crippen LogP contribution in [0.15, 0.2) is 23.7 Å². The van der Waals surface area contributed by atoms with Crippen LogP contribution in [0.1, 0.15) is 93.5 Å². The number of carbonyl (C=O) groups is 2. The highest BCUT2D eigenvalue weighted by Crippen LogP contribution is 2.45. The summed E-state index contributed by atoms with van der Waals surface area (Å²) < 4.78 is 136. The summed E-state index contributed by atoms with van der Waals surface area (Å²) in [6.07, 6.45) is -12.4. The van der Waals surface area contributed by atoms with Gasteiger partial charge in [0.2, 0.25) is 0 Å². The fourth-order valence-electron chi connectivity index (χ4n) is 3.80. The summed E-state index contributed by atoms with van der Waals surface area (Å²) in [5, 5.41) is 10.2. The summed E-state index contributed by atoms with van der Waals surface area (Å²) in [6, 6.07) is -2.72. The Hall–Kier alpha value is -1.62. The van der Waals surface area contributed by atoms with Crippen LogP contribution >= 0.6 is 0 Å². The second-order valence-corrected chi connectivity index (χ2v) is 8.14. The number of aliphatic hydroxyl groups excluding tert-OH is 1. The van der Waals surface area contributed by atoms with E-state index in [9.17, 15) is 14.7 Å². The van der Waals surface area contributed by atoms with Crippen LogP contribution in [0.3, 0.4) is 0 Å². The Labute approximate surface area is 202 Å². The number of fused-ring (bicyclic) bond motifs is 1. The van der Waals surface area contributed by atoms with Gasteiger partial charge >= 0.3 is 11.9 Å². The van der Waals surface area contributed by atoms with Crippen molar-refractivity contribution in [2.24, 2.45) is 29.0 Å². The first-order chi connectivity index (χ1) is 20.1. The lowest BCUT2D eigenvalue weighted by molar-refractivity contribution is -0.166. The van der Waals surface area contributed by atoms with E-state index in [4.69, 9.17) is 30.0 Å². The molecule has 3 aliphatic rings. The van der Waals surface area contributed by atoms with Gasteiger partial charge in [-0.3, -0.25) is 9.59 Å². The molecule has 0 amide bonds. The maximum atomic E-state index is 13.6. The number of ether oxygens (including phenoxy) is 2. The summed E-state index contributed by atoms with van der Waals surface area (Å²) >= 11 is 0. The molecule has 0 aromatic heterocycles. The normalized spacial score (nSPS) is 55.5. The molecule has 0 bridgehead atoms. The number of aliphatic hydroxyl groups is 1. The van der Waals surface area contributed by atoms with Gasteiger partial charge in [0, 0.05) is 28.8 Å². The minimum atomic E-state index is -3.58. The molecule has 3 rings (SSSR count). The maximum absolute atomic E-state index is 13.6. The first kappa shape index (κ1) is 10.3. The van der Waals surface area contributed by atoms with E-state index in [1.165, 1.54) is 13.8 Å². The van der Waals surface area contributed by atoms with Crippen molar-refractivity contribution >= 4 is 11.9 Å². The Morgan fingerprint density at radius 3 is 3.00 bits per heavy atom. The molecule has 3 unspecified atom stereocenters. The third kappa shape index (κ3) is 5.16. The molecule has 8 atom stereocenters. The lowest BCUT2D eigenvalue weighted by Gasteiger charge is -2.44. The Morgan fingerprint density at radius 2 is 2.33 bits per heavy atom. The van der Waals surface area contributed by atoms with E-state index in [0.717, 1.165) is 6.92 Å². The van der Waals surface area contributed by atoms with E-state index in [-0.39, 0.29) is 25.7 Å². The predicted octanol–water partition coefficient (Wildman–Crippen LogP) is 4.59. The van der Waals surface area contributed by atoms with E-state index >= 15 is 0 Å². The molecule has 0 aromatic carbocycles. The number of carbonyl (C=O) groups excluding carboxylic acids is 2. The van der Waals surface area contributed by atoms with Gasteiger partial charge in [-0.25, -0.2) is 0 Å². The molecule has 5 heteroatoms. The quantitative estimate of drug-likeness (QED) is 0.621. The van der Waals surface area contributed by atoms with Gasteiger partial charge in [0.1, 0.15) is 12.2 Å². The number of esters is 2. The van der Waals surface area contributed by atoms with Gasteiger partial charge in [-0.15, -0.1) is 0 Å². The molecule has 5 nitrogen and oxygen atoms in total. The SMILES string of the molecule is [2H]C1=C([2H])[C@]([2H])(C)[C@H](CCC2C[C@@H](O)C([2H])([2H])C(=O)O2)[C@@H]2C1=C([2H])[C@]([2H])(C([2H])([2H])[2H])C([2H])([2H])C2OC(=O)C(C)(CC)C([2H])([2H])[2H]. The van der Waals surface area contributed by atoms with E-state index in [1.54, 1.807) is 0 Å². The summed E-state index contributed by atoms with van der Waals surface area (Å²) in [7, 11) is 0. The Balaban J connectivity index is 2.26. The molecule has 1 fully saturated rings. The molecule has 1 aliphatic heterocycles. The molecular weight excluding hydrogens is 380 g/mol.